The van der Waals surface area contributed by atoms with Gasteiger partial charge in [-0.25, -0.2) is 14.8 Å². The van der Waals surface area contributed by atoms with Crippen molar-refractivity contribution in [2.75, 3.05) is 11.9 Å². The van der Waals surface area contributed by atoms with Crippen LogP contribution in [-0.2, 0) is 4.74 Å². The molecule has 0 saturated carbocycles. The smallest absolute Gasteiger partial charge is 0.341 e. The Morgan fingerprint density at radius 1 is 1.33 bits per heavy atom. The molecule has 1 atom stereocenters. The van der Waals surface area contributed by atoms with Crippen molar-refractivity contribution >= 4 is 11.9 Å². The molecule has 0 radical (unpaired) electrons. The maximum absolute atomic E-state index is 11.7. The minimum Gasteiger partial charge on any atom is -0.462 e. The van der Waals surface area contributed by atoms with E-state index in [2.05, 4.69) is 36.1 Å². The van der Waals surface area contributed by atoms with E-state index in [1.165, 1.54) is 19.0 Å². The van der Waals surface area contributed by atoms with Crippen LogP contribution < -0.4 is 5.32 Å². The summed E-state index contributed by atoms with van der Waals surface area (Å²) >= 11 is 0. The third kappa shape index (κ3) is 6.10. The number of anilines is 1. The third-order valence-electron chi connectivity index (χ3n) is 3.27. The fourth-order valence-electron chi connectivity index (χ4n) is 2.07. The topological polar surface area (TPSA) is 64.1 Å². The predicted molar refractivity (Wildman–Crippen MR) is 84.5 cm³/mol. The van der Waals surface area contributed by atoms with Crippen LogP contribution in [0.5, 0.6) is 0 Å². The van der Waals surface area contributed by atoms with Crippen LogP contribution in [0.15, 0.2) is 6.20 Å². The molecule has 0 fully saturated rings. The maximum Gasteiger partial charge on any atom is 0.341 e. The standard InChI is InChI=1S/C16H27N3O2/c1-6-21-15(20)14-10-17-16(19-13(14)5)18-12(4)9-7-8-11(2)3/h10-12H,6-9H2,1-5H3,(H,17,18,19). The summed E-state index contributed by atoms with van der Waals surface area (Å²) in [5.74, 6) is 0.934. The summed E-state index contributed by atoms with van der Waals surface area (Å²) in [5.41, 5.74) is 1.06. The first-order chi connectivity index (χ1) is 9.93. The molecule has 5 nitrogen and oxygen atoms in total. The first-order valence-corrected chi connectivity index (χ1v) is 7.71. The Morgan fingerprint density at radius 3 is 2.62 bits per heavy atom. The van der Waals surface area contributed by atoms with E-state index >= 15 is 0 Å². The van der Waals surface area contributed by atoms with Gasteiger partial charge in [0.05, 0.1) is 17.9 Å². The van der Waals surface area contributed by atoms with Crippen molar-refractivity contribution in [1.82, 2.24) is 9.97 Å². The van der Waals surface area contributed by atoms with Crippen LogP contribution in [0.4, 0.5) is 5.95 Å². The highest BCUT2D eigenvalue weighted by atomic mass is 16.5. The number of ether oxygens (including phenoxy) is 1. The number of hydrogen-bond donors (Lipinski definition) is 1. The number of nitrogens with one attached hydrogen (secondary N) is 1. The van der Waals surface area contributed by atoms with Crippen LogP contribution in [0.25, 0.3) is 0 Å². The minimum absolute atomic E-state index is 0.316. The third-order valence-corrected chi connectivity index (χ3v) is 3.27. The highest BCUT2D eigenvalue weighted by Crippen LogP contribution is 2.13. The summed E-state index contributed by atoms with van der Waals surface area (Å²) in [6.45, 7) is 10.5. The van der Waals surface area contributed by atoms with Crippen molar-refractivity contribution in [3.63, 3.8) is 0 Å². The summed E-state index contributed by atoms with van der Waals surface area (Å²) in [6, 6.07) is 0.316. The van der Waals surface area contributed by atoms with Crippen LogP contribution in [0.1, 0.15) is 63.0 Å². The number of carbonyl (C=O) groups is 1. The molecular formula is C16H27N3O2. The molecule has 1 heterocycles. The summed E-state index contributed by atoms with van der Waals surface area (Å²) in [7, 11) is 0. The first-order valence-electron chi connectivity index (χ1n) is 7.71. The van der Waals surface area contributed by atoms with Crippen molar-refractivity contribution in [1.29, 1.82) is 0 Å². The van der Waals surface area contributed by atoms with Crippen LogP contribution in [0.3, 0.4) is 0 Å². The lowest BCUT2D eigenvalue weighted by atomic mass is 10.0. The van der Waals surface area contributed by atoms with Crippen LogP contribution in [-0.4, -0.2) is 28.6 Å². The molecule has 0 aliphatic heterocycles. The average molecular weight is 293 g/mol. The number of hydrogen-bond acceptors (Lipinski definition) is 5. The van der Waals surface area contributed by atoms with Gasteiger partial charge >= 0.3 is 5.97 Å². The molecule has 118 valence electrons. The van der Waals surface area contributed by atoms with Crippen molar-refractivity contribution < 1.29 is 9.53 Å². The molecule has 1 rings (SSSR count). The molecule has 0 saturated heterocycles. The molecule has 1 N–H and O–H groups in total. The zero-order valence-corrected chi connectivity index (χ0v) is 13.8. The predicted octanol–water partition coefficient (Wildman–Crippen LogP) is 3.59. The second-order valence-corrected chi connectivity index (χ2v) is 5.78. The van der Waals surface area contributed by atoms with Crippen LogP contribution in [0.2, 0.25) is 0 Å². The van der Waals surface area contributed by atoms with Crippen molar-refractivity contribution in [3.05, 3.63) is 17.5 Å². The number of aromatic nitrogens is 2. The Hall–Kier alpha value is -1.65. The molecule has 0 spiro atoms. The van der Waals surface area contributed by atoms with E-state index in [4.69, 9.17) is 4.74 Å². The molecule has 0 amide bonds. The van der Waals surface area contributed by atoms with E-state index in [-0.39, 0.29) is 5.97 Å². The van der Waals surface area contributed by atoms with Crippen molar-refractivity contribution in [2.24, 2.45) is 5.92 Å². The van der Waals surface area contributed by atoms with Gasteiger partial charge in [0.15, 0.2) is 0 Å². The molecule has 0 bridgehead atoms. The van der Waals surface area contributed by atoms with Gasteiger partial charge < -0.3 is 10.1 Å². The quantitative estimate of drug-likeness (QED) is 0.742. The van der Waals surface area contributed by atoms with Crippen LogP contribution in [0, 0.1) is 12.8 Å². The highest BCUT2D eigenvalue weighted by Gasteiger charge is 2.13. The Kier molecular flexibility index (Phi) is 7.12. The second kappa shape index (κ2) is 8.60. The molecule has 0 aliphatic rings. The molecule has 1 unspecified atom stereocenters. The van der Waals surface area contributed by atoms with Gasteiger partial charge in [-0.2, -0.15) is 0 Å². The Morgan fingerprint density at radius 2 is 2.05 bits per heavy atom. The fourth-order valence-corrected chi connectivity index (χ4v) is 2.07. The lowest BCUT2D eigenvalue weighted by Crippen LogP contribution is -2.18. The van der Waals surface area contributed by atoms with E-state index in [0.29, 0.717) is 29.9 Å². The number of nitrogens with zero attached hydrogens (tertiary/aromatic N) is 2. The maximum atomic E-state index is 11.7. The van der Waals surface area contributed by atoms with Crippen molar-refractivity contribution in [3.8, 4) is 0 Å². The lowest BCUT2D eigenvalue weighted by molar-refractivity contribution is 0.0524. The van der Waals surface area contributed by atoms with Gasteiger partial charge in [0, 0.05) is 12.2 Å². The summed E-state index contributed by atoms with van der Waals surface area (Å²) in [4.78, 5) is 20.2. The largest absolute Gasteiger partial charge is 0.462 e. The molecule has 1 aromatic heterocycles. The molecule has 0 aliphatic carbocycles. The monoisotopic (exact) mass is 293 g/mol. The molecule has 5 heteroatoms. The lowest BCUT2D eigenvalue weighted by Gasteiger charge is -2.15. The molecule has 0 aromatic carbocycles. The number of aryl methyl sites for hydroxylation is 1. The minimum atomic E-state index is -0.369. The van der Waals surface area contributed by atoms with Crippen LogP contribution >= 0.6 is 0 Å². The van der Waals surface area contributed by atoms with E-state index in [9.17, 15) is 4.79 Å². The van der Waals surface area contributed by atoms with Gasteiger partial charge in [-0.3, -0.25) is 0 Å². The molecule has 1 aromatic rings. The van der Waals surface area contributed by atoms with E-state index in [1.807, 2.05) is 0 Å². The first kappa shape index (κ1) is 17.4. The molecular weight excluding hydrogens is 266 g/mol. The zero-order chi connectivity index (χ0) is 15.8. The fraction of sp³-hybridized carbons (Fsp3) is 0.688. The number of carbonyl (C=O) groups excluding carboxylic acids is 1. The van der Waals surface area contributed by atoms with E-state index in [1.54, 1.807) is 13.8 Å². The van der Waals surface area contributed by atoms with Gasteiger partial charge in [-0.15, -0.1) is 0 Å². The number of rotatable bonds is 8. The van der Waals surface area contributed by atoms with E-state index in [0.717, 1.165) is 12.3 Å². The Balaban J connectivity index is 2.57. The SMILES string of the molecule is CCOC(=O)c1cnc(NC(C)CCCC(C)C)nc1C. The van der Waals surface area contributed by atoms with Gasteiger partial charge in [-0.05, 0) is 33.1 Å². The van der Waals surface area contributed by atoms with Crippen molar-refractivity contribution in [2.45, 2.75) is 59.9 Å². The average Bonchev–Trinajstić information content (AvgIpc) is 2.38. The summed E-state index contributed by atoms with van der Waals surface area (Å²) in [6.07, 6.45) is 5.03. The number of esters is 1. The van der Waals surface area contributed by atoms with Gasteiger partial charge in [0.2, 0.25) is 5.95 Å². The highest BCUT2D eigenvalue weighted by molar-refractivity contribution is 5.90. The normalized spacial score (nSPS) is 12.3. The van der Waals surface area contributed by atoms with Gasteiger partial charge in [-0.1, -0.05) is 26.7 Å². The Bertz CT molecular complexity index is 461. The summed E-state index contributed by atoms with van der Waals surface area (Å²) in [5, 5.41) is 3.28. The van der Waals surface area contributed by atoms with Gasteiger partial charge in [0.25, 0.3) is 0 Å². The van der Waals surface area contributed by atoms with E-state index < -0.39 is 0 Å². The zero-order valence-electron chi connectivity index (χ0n) is 13.8. The van der Waals surface area contributed by atoms with Gasteiger partial charge in [0.1, 0.15) is 0 Å². The molecule has 21 heavy (non-hydrogen) atoms. The summed E-state index contributed by atoms with van der Waals surface area (Å²) < 4.78 is 4.97. The Labute approximate surface area is 127 Å². The second-order valence-electron chi connectivity index (χ2n) is 5.78.